The zero-order valence-corrected chi connectivity index (χ0v) is 12.5. The van der Waals surface area contributed by atoms with Crippen LogP contribution >= 0.6 is 11.8 Å². The van der Waals surface area contributed by atoms with Gasteiger partial charge in [-0.3, -0.25) is 9.79 Å². The van der Waals surface area contributed by atoms with Crippen molar-refractivity contribution in [2.75, 3.05) is 0 Å². The third-order valence-corrected chi connectivity index (χ3v) is 4.25. The second-order valence-electron chi connectivity index (χ2n) is 5.08. The molecule has 1 unspecified atom stereocenters. The number of rotatable bonds is 4. The van der Waals surface area contributed by atoms with Crippen molar-refractivity contribution in [1.82, 2.24) is 0 Å². The summed E-state index contributed by atoms with van der Waals surface area (Å²) in [5.41, 5.74) is 2.46. The number of benzene rings is 1. The first-order chi connectivity index (χ1) is 9.20. The molecule has 0 saturated carbocycles. The Hall–Kier alpha value is -1.09. The van der Waals surface area contributed by atoms with Crippen molar-refractivity contribution in [3.05, 3.63) is 35.4 Å². The third kappa shape index (κ3) is 3.93. The standard InChI is InChI=1S/C16H21NOS/c1-3-4-5-10-15(18)19-16-14-9-7-6-8-13(14)11-12(2)17-16/h6-9,12H,3-5,10-11H2,1-2H3. The van der Waals surface area contributed by atoms with Crippen LogP contribution in [0.5, 0.6) is 0 Å². The van der Waals surface area contributed by atoms with Crippen LogP contribution in [0.25, 0.3) is 0 Å². The maximum atomic E-state index is 12.0. The number of hydrogen-bond acceptors (Lipinski definition) is 3. The fourth-order valence-electron chi connectivity index (χ4n) is 2.30. The Labute approximate surface area is 119 Å². The van der Waals surface area contributed by atoms with Gasteiger partial charge in [0.1, 0.15) is 5.04 Å². The Morgan fingerprint density at radius 2 is 2.16 bits per heavy atom. The van der Waals surface area contributed by atoms with E-state index in [1.54, 1.807) is 0 Å². The van der Waals surface area contributed by atoms with Gasteiger partial charge in [0.25, 0.3) is 0 Å². The van der Waals surface area contributed by atoms with Crippen LogP contribution in [0.3, 0.4) is 0 Å². The van der Waals surface area contributed by atoms with E-state index in [0.29, 0.717) is 6.42 Å². The summed E-state index contributed by atoms with van der Waals surface area (Å²) < 4.78 is 0. The van der Waals surface area contributed by atoms with Gasteiger partial charge in [0, 0.05) is 12.0 Å². The monoisotopic (exact) mass is 275 g/mol. The average molecular weight is 275 g/mol. The summed E-state index contributed by atoms with van der Waals surface area (Å²) in [5, 5.41) is 1.16. The minimum Gasteiger partial charge on any atom is -0.287 e. The Bertz CT molecular complexity index is 481. The fourth-order valence-corrected chi connectivity index (χ4v) is 3.30. The van der Waals surface area contributed by atoms with E-state index in [1.165, 1.54) is 17.3 Å². The molecule has 0 amide bonds. The average Bonchev–Trinajstić information content (AvgIpc) is 2.39. The molecule has 19 heavy (non-hydrogen) atoms. The highest BCUT2D eigenvalue weighted by Gasteiger charge is 2.20. The first kappa shape index (κ1) is 14.3. The van der Waals surface area contributed by atoms with E-state index in [2.05, 4.69) is 37.0 Å². The van der Waals surface area contributed by atoms with E-state index in [-0.39, 0.29) is 11.2 Å². The Morgan fingerprint density at radius 1 is 1.37 bits per heavy atom. The smallest absolute Gasteiger partial charge is 0.195 e. The van der Waals surface area contributed by atoms with Gasteiger partial charge in [0.05, 0.1) is 6.04 Å². The lowest BCUT2D eigenvalue weighted by molar-refractivity contribution is -0.111. The van der Waals surface area contributed by atoms with Gasteiger partial charge in [-0.15, -0.1) is 0 Å². The van der Waals surface area contributed by atoms with Crippen molar-refractivity contribution in [2.24, 2.45) is 4.99 Å². The van der Waals surface area contributed by atoms with Gasteiger partial charge in [0.15, 0.2) is 5.12 Å². The van der Waals surface area contributed by atoms with Gasteiger partial charge in [-0.1, -0.05) is 44.0 Å². The lowest BCUT2D eigenvalue weighted by Crippen LogP contribution is -2.17. The molecule has 3 heteroatoms. The van der Waals surface area contributed by atoms with Crippen LogP contribution in [0.15, 0.2) is 29.3 Å². The molecule has 1 atom stereocenters. The van der Waals surface area contributed by atoms with E-state index >= 15 is 0 Å². The Morgan fingerprint density at radius 3 is 2.95 bits per heavy atom. The van der Waals surface area contributed by atoms with Crippen LogP contribution in [-0.4, -0.2) is 16.2 Å². The third-order valence-electron chi connectivity index (χ3n) is 3.30. The van der Waals surface area contributed by atoms with Crippen LogP contribution in [0, 0.1) is 0 Å². The minimum absolute atomic E-state index is 0.246. The second-order valence-corrected chi connectivity index (χ2v) is 6.12. The van der Waals surface area contributed by atoms with Gasteiger partial charge >= 0.3 is 0 Å². The Balaban J connectivity index is 2.04. The van der Waals surface area contributed by atoms with Crippen molar-refractivity contribution < 1.29 is 4.79 Å². The van der Waals surface area contributed by atoms with Crippen LogP contribution in [0.4, 0.5) is 0 Å². The normalized spacial score (nSPS) is 17.8. The molecule has 0 N–H and O–H groups in total. The number of thioether (sulfide) groups is 1. The van der Waals surface area contributed by atoms with E-state index in [4.69, 9.17) is 0 Å². The maximum Gasteiger partial charge on any atom is 0.195 e. The molecule has 1 aliphatic rings. The molecule has 2 nitrogen and oxygen atoms in total. The molecule has 102 valence electrons. The zero-order valence-electron chi connectivity index (χ0n) is 11.7. The van der Waals surface area contributed by atoms with Crippen molar-refractivity contribution in [2.45, 2.75) is 52.0 Å². The summed E-state index contributed by atoms with van der Waals surface area (Å²) in [4.78, 5) is 16.6. The fraction of sp³-hybridized carbons (Fsp3) is 0.500. The van der Waals surface area contributed by atoms with Crippen molar-refractivity contribution >= 4 is 21.9 Å². The SMILES string of the molecule is CCCCCC(=O)SC1=NC(C)Cc2ccccc21. The molecule has 0 spiro atoms. The predicted octanol–water partition coefficient (Wildman–Crippen LogP) is 4.22. The van der Waals surface area contributed by atoms with Gasteiger partial charge in [0.2, 0.25) is 0 Å². The molecule has 1 aromatic carbocycles. The number of aliphatic imine (C=N–C) groups is 1. The summed E-state index contributed by atoms with van der Waals surface area (Å²) >= 11 is 1.33. The summed E-state index contributed by atoms with van der Waals surface area (Å²) in [5.74, 6) is 0. The van der Waals surface area contributed by atoms with Gasteiger partial charge in [-0.25, -0.2) is 0 Å². The zero-order chi connectivity index (χ0) is 13.7. The van der Waals surface area contributed by atoms with E-state index in [1.807, 2.05) is 6.07 Å². The van der Waals surface area contributed by atoms with Gasteiger partial charge < -0.3 is 0 Å². The summed E-state index contributed by atoms with van der Waals surface area (Å²) in [6.45, 7) is 4.26. The molecule has 0 radical (unpaired) electrons. The molecule has 0 saturated heterocycles. The molecule has 0 aliphatic carbocycles. The van der Waals surface area contributed by atoms with Crippen molar-refractivity contribution in [3.63, 3.8) is 0 Å². The molecule has 1 heterocycles. The minimum atomic E-state index is 0.246. The highest BCUT2D eigenvalue weighted by molar-refractivity contribution is 8.26. The number of unbranched alkanes of at least 4 members (excludes halogenated alkanes) is 2. The van der Waals surface area contributed by atoms with E-state index in [9.17, 15) is 4.79 Å². The summed E-state index contributed by atoms with van der Waals surface area (Å²) in [7, 11) is 0. The first-order valence-corrected chi connectivity index (χ1v) is 7.89. The molecule has 1 aliphatic heterocycles. The molecule has 0 fully saturated rings. The van der Waals surface area contributed by atoms with Crippen LogP contribution < -0.4 is 0 Å². The quantitative estimate of drug-likeness (QED) is 0.770. The number of carbonyl (C=O) groups excluding carboxylic acids is 1. The molecular weight excluding hydrogens is 254 g/mol. The lowest BCUT2D eigenvalue weighted by atomic mass is 9.99. The van der Waals surface area contributed by atoms with Crippen molar-refractivity contribution in [1.29, 1.82) is 0 Å². The number of hydrogen-bond donors (Lipinski definition) is 0. The van der Waals surface area contributed by atoms with E-state index < -0.39 is 0 Å². The van der Waals surface area contributed by atoms with Crippen LogP contribution in [0.1, 0.15) is 50.7 Å². The highest BCUT2D eigenvalue weighted by atomic mass is 32.2. The Kier molecular flexibility index (Phi) is 5.20. The lowest BCUT2D eigenvalue weighted by Gasteiger charge is -2.20. The highest BCUT2D eigenvalue weighted by Crippen LogP contribution is 2.26. The summed E-state index contributed by atoms with van der Waals surface area (Å²) in [6.07, 6.45) is 4.91. The largest absolute Gasteiger partial charge is 0.287 e. The predicted molar refractivity (Wildman–Crippen MR) is 82.9 cm³/mol. The van der Waals surface area contributed by atoms with Crippen LogP contribution in [0.2, 0.25) is 0 Å². The molecule has 2 rings (SSSR count). The molecule has 0 bridgehead atoms. The first-order valence-electron chi connectivity index (χ1n) is 7.07. The maximum absolute atomic E-state index is 12.0. The van der Waals surface area contributed by atoms with E-state index in [0.717, 1.165) is 36.3 Å². The van der Waals surface area contributed by atoms with Gasteiger partial charge in [-0.2, -0.15) is 0 Å². The van der Waals surface area contributed by atoms with Crippen molar-refractivity contribution in [3.8, 4) is 0 Å². The molecule has 0 aromatic heterocycles. The molecular formula is C16H21NOS. The second kappa shape index (κ2) is 6.90. The summed E-state index contributed by atoms with van der Waals surface area (Å²) in [6, 6.07) is 8.57. The van der Waals surface area contributed by atoms with Gasteiger partial charge in [-0.05, 0) is 37.1 Å². The molecule has 1 aromatic rings. The topological polar surface area (TPSA) is 29.4 Å². The van der Waals surface area contributed by atoms with Crippen LogP contribution in [-0.2, 0) is 11.2 Å². The number of fused-ring (bicyclic) bond motifs is 1. The number of carbonyl (C=O) groups is 1. The number of nitrogens with zero attached hydrogens (tertiary/aromatic N) is 1.